The highest BCUT2D eigenvalue weighted by atomic mass is 32.2. The molecule has 2 rings (SSSR count). The molecule has 1 aliphatic heterocycles. The minimum Gasteiger partial charge on any atom is -0.495 e. The number of hydrogen-bond donors (Lipinski definition) is 0. The molecule has 0 unspecified atom stereocenters. The van der Waals surface area contributed by atoms with Crippen molar-refractivity contribution in [3.05, 3.63) is 23.3 Å². The van der Waals surface area contributed by atoms with E-state index in [4.69, 9.17) is 4.74 Å². The van der Waals surface area contributed by atoms with Crippen LogP contribution in [0.1, 0.15) is 18.1 Å². The van der Waals surface area contributed by atoms with Gasteiger partial charge in [0, 0.05) is 26.2 Å². The lowest BCUT2D eigenvalue weighted by Crippen LogP contribution is -2.48. The molecule has 5 nitrogen and oxygen atoms in total. The fourth-order valence-corrected chi connectivity index (χ4v) is 4.53. The fourth-order valence-electron chi connectivity index (χ4n) is 2.79. The molecule has 0 bridgehead atoms. The predicted octanol–water partition coefficient (Wildman–Crippen LogP) is 1.64. The molecule has 0 atom stereocenters. The summed E-state index contributed by atoms with van der Waals surface area (Å²) in [6.07, 6.45) is 0. The molecule has 1 aromatic rings. The van der Waals surface area contributed by atoms with Crippen molar-refractivity contribution in [1.82, 2.24) is 9.21 Å². The molecule has 1 aromatic carbocycles. The first-order chi connectivity index (χ1) is 9.90. The molecule has 0 aromatic heterocycles. The van der Waals surface area contributed by atoms with Crippen LogP contribution < -0.4 is 4.74 Å². The van der Waals surface area contributed by atoms with Gasteiger partial charge in [-0.15, -0.1) is 0 Å². The third kappa shape index (κ3) is 3.22. The second-order valence-electron chi connectivity index (χ2n) is 5.45. The van der Waals surface area contributed by atoms with E-state index >= 15 is 0 Å². The lowest BCUT2D eigenvalue weighted by Gasteiger charge is -2.33. The van der Waals surface area contributed by atoms with E-state index in [-0.39, 0.29) is 4.90 Å². The van der Waals surface area contributed by atoms with Gasteiger partial charge in [0.25, 0.3) is 0 Å². The van der Waals surface area contributed by atoms with Crippen molar-refractivity contribution in [2.24, 2.45) is 0 Å². The first-order valence-electron chi connectivity index (χ1n) is 7.28. The molecule has 6 heteroatoms. The van der Waals surface area contributed by atoms with Gasteiger partial charge in [0.15, 0.2) is 0 Å². The molecular weight excluding hydrogens is 288 g/mol. The third-order valence-corrected chi connectivity index (χ3v) is 5.89. The van der Waals surface area contributed by atoms with Crippen molar-refractivity contribution >= 4 is 10.0 Å². The van der Waals surface area contributed by atoms with Gasteiger partial charge in [0.1, 0.15) is 10.6 Å². The molecule has 0 aliphatic carbocycles. The fraction of sp³-hybridized carbons (Fsp3) is 0.600. The van der Waals surface area contributed by atoms with E-state index in [0.717, 1.165) is 30.8 Å². The standard InChI is InChI=1S/C15H24N2O3S/c1-5-16-6-8-17(9-7-16)21(18,19)14-11-12(2)10-13(3)15(14)20-4/h10-11H,5-9H2,1-4H3. The second kappa shape index (κ2) is 6.34. The van der Waals surface area contributed by atoms with Crippen LogP contribution in [0.4, 0.5) is 0 Å². The Kier molecular flexibility index (Phi) is 4.91. The molecule has 1 saturated heterocycles. The Hall–Kier alpha value is -1.11. The largest absolute Gasteiger partial charge is 0.495 e. The van der Waals surface area contributed by atoms with Crippen molar-refractivity contribution in [1.29, 1.82) is 0 Å². The summed E-state index contributed by atoms with van der Waals surface area (Å²) in [5.41, 5.74) is 1.78. The van der Waals surface area contributed by atoms with Crippen LogP contribution >= 0.6 is 0 Å². The predicted molar refractivity (Wildman–Crippen MR) is 83.3 cm³/mol. The van der Waals surface area contributed by atoms with Gasteiger partial charge in [-0.25, -0.2) is 8.42 Å². The Morgan fingerprint density at radius 2 is 1.76 bits per heavy atom. The number of piperazine rings is 1. The van der Waals surface area contributed by atoms with E-state index < -0.39 is 10.0 Å². The Balaban J connectivity index is 2.36. The normalized spacial score (nSPS) is 17.9. The van der Waals surface area contributed by atoms with Crippen LogP contribution in [0, 0.1) is 13.8 Å². The molecule has 0 saturated carbocycles. The molecule has 1 heterocycles. The van der Waals surface area contributed by atoms with Crippen LogP contribution in [0.25, 0.3) is 0 Å². The van der Waals surface area contributed by atoms with E-state index in [1.165, 1.54) is 7.11 Å². The summed E-state index contributed by atoms with van der Waals surface area (Å²) in [7, 11) is -1.98. The number of sulfonamides is 1. The maximum absolute atomic E-state index is 12.9. The summed E-state index contributed by atoms with van der Waals surface area (Å²) < 4.78 is 32.7. The van der Waals surface area contributed by atoms with E-state index in [0.29, 0.717) is 18.8 Å². The highest BCUT2D eigenvalue weighted by molar-refractivity contribution is 7.89. The summed E-state index contributed by atoms with van der Waals surface area (Å²) in [5, 5.41) is 0. The maximum atomic E-state index is 12.9. The monoisotopic (exact) mass is 312 g/mol. The van der Waals surface area contributed by atoms with Crippen LogP contribution in [-0.4, -0.2) is 57.5 Å². The number of likely N-dealkylation sites (N-methyl/N-ethyl adjacent to an activating group) is 1. The molecule has 0 amide bonds. The van der Waals surface area contributed by atoms with Crippen molar-refractivity contribution in [2.45, 2.75) is 25.7 Å². The minimum absolute atomic E-state index is 0.285. The van der Waals surface area contributed by atoms with Gasteiger partial charge >= 0.3 is 0 Å². The highest BCUT2D eigenvalue weighted by Crippen LogP contribution is 2.31. The van der Waals surface area contributed by atoms with E-state index in [2.05, 4.69) is 11.8 Å². The summed E-state index contributed by atoms with van der Waals surface area (Å²) in [4.78, 5) is 2.54. The molecule has 0 spiro atoms. The van der Waals surface area contributed by atoms with Crippen molar-refractivity contribution in [3.8, 4) is 5.75 Å². The summed E-state index contributed by atoms with van der Waals surface area (Å²) in [6.45, 7) is 9.46. The summed E-state index contributed by atoms with van der Waals surface area (Å²) in [6, 6.07) is 3.64. The van der Waals surface area contributed by atoms with Crippen LogP contribution in [0.3, 0.4) is 0 Å². The Bertz CT molecular complexity index is 606. The lowest BCUT2D eigenvalue weighted by atomic mass is 10.1. The summed E-state index contributed by atoms with van der Waals surface area (Å²) in [5.74, 6) is 0.457. The van der Waals surface area contributed by atoms with Crippen LogP contribution in [0.5, 0.6) is 5.75 Å². The van der Waals surface area contributed by atoms with Gasteiger partial charge in [-0.1, -0.05) is 13.0 Å². The van der Waals surface area contributed by atoms with E-state index in [1.807, 2.05) is 19.9 Å². The Morgan fingerprint density at radius 3 is 2.29 bits per heavy atom. The first-order valence-corrected chi connectivity index (χ1v) is 8.72. The van der Waals surface area contributed by atoms with Gasteiger partial charge in [0.2, 0.25) is 10.0 Å². The number of benzene rings is 1. The SMILES string of the molecule is CCN1CCN(S(=O)(=O)c2cc(C)cc(C)c2OC)CC1. The molecule has 118 valence electrons. The zero-order chi connectivity index (χ0) is 15.6. The average Bonchev–Trinajstić information content (AvgIpc) is 2.46. The zero-order valence-electron chi connectivity index (χ0n) is 13.2. The second-order valence-corrected chi connectivity index (χ2v) is 7.36. The molecule has 1 aliphatic rings. The molecular formula is C15H24N2O3S. The number of methoxy groups -OCH3 is 1. The van der Waals surface area contributed by atoms with Crippen LogP contribution in [-0.2, 0) is 10.0 Å². The van der Waals surface area contributed by atoms with E-state index in [1.54, 1.807) is 10.4 Å². The van der Waals surface area contributed by atoms with Gasteiger partial charge < -0.3 is 9.64 Å². The van der Waals surface area contributed by atoms with Crippen LogP contribution in [0.2, 0.25) is 0 Å². The van der Waals surface area contributed by atoms with Crippen molar-refractivity contribution in [2.75, 3.05) is 39.8 Å². The molecule has 0 radical (unpaired) electrons. The Labute approximate surface area is 127 Å². The highest BCUT2D eigenvalue weighted by Gasteiger charge is 2.31. The smallest absolute Gasteiger partial charge is 0.246 e. The zero-order valence-corrected chi connectivity index (χ0v) is 14.0. The number of hydrogen-bond acceptors (Lipinski definition) is 4. The van der Waals surface area contributed by atoms with Crippen LogP contribution in [0.15, 0.2) is 17.0 Å². The minimum atomic E-state index is -3.50. The number of ether oxygens (including phenoxy) is 1. The number of rotatable bonds is 4. The van der Waals surface area contributed by atoms with E-state index in [9.17, 15) is 8.42 Å². The third-order valence-electron chi connectivity index (χ3n) is 3.99. The molecule has 0 N–H and O–H groups in total. The van der Waals surface area contributed by atoms with Gasteiger partial charge in [-0.3, -0.25) is 0 Å². The van der Waals surface area contributed by atoms with Gasteiger partial charge in [-0.2, -0.15) is 4.31 Å². The average molecular weight is 312 g/mol. The quantitative estimate of drug-likeness (QED) is 0.848. The Morgan fingerprint density at radius 1 is 1.14 bits per heavy atom. The molecule has 21 heavy (non-hydrogen) atoms. The first kappa shape index (κ1) is 16.3. The maximum Gasteiger partial charge on any atom is 0.246 e. The van der Waals surface area contributed by atoms with Gasteiger partial charge in [0.05, 0.1) is 7.11 Å². The molecule has 1 fully saturated rings. The van der Waals surface area contributed by atoms with Crippen molar-refractivity contribution in [3.63, 3.8) is 0 Å². The van der Waals surface area contributed by atoms with Gasteiger partial charge in [-0.05, 0) is 37.6 Å². The number of nitrogens with zero attached hydrogens (tertiary/aromatic N) is 2. The van der Waals surface area contributed by atoms with Crippen molar-refractivity contribution < 1.29 is 13.2 Å². The lowest BCUT2D eigenvalue weighted by molar-refractivity contribution is 0.196. The summed E-state index contributed by atoms with van der Waals surface area (Å²) >= 11 is 0. The number of aryl methyl sites for hydroxylation is 2. The topological polar surface area (TPSA) is 49.9 Å².